The van der Waals surface area contributed by atoms with Gasteiger partial charge < -0.3 is 4.57 Å². The van der Waals surface area contributed by atoms with Crippen LogP contribution >= 0.6 is 0 Å². The van der Waals surface area contributed by atoms with Crippen molar-refractivity contribution < 1.29 is 0 Å². The van der Waals surface area contributed by atoms with E-state index in [0.717, 1.165) is 12.1 Å². The summed E-state index contributed by atoms with van der Waals surface area (Å²) in [6.45, 7) is 0.892. The maximum absolute atomic E-state index is 4.53. The number of aromatic nitrogens is 3. The average Bonchev–Trinajstić information content (AvgIpc) is 3.24. The van der Waals surface area contributed by atoms with E-state index < -0.39 is 0 Å². The van der Waals surface area contributed by atoms with Gasteiger partial charge in [-0.2, -0.15) is 5.10 Å². The van der Waals surface area contributed by atoms with Gasteiger partial charge in [0.2, 0.25) is 0 Å². The van der Waals surface area contributed by atoms with Crippen molar-refractivity contribution in [3.8, 4) is 11.1 Å². The Hall–Kier alpha value is -3.33. The Labute approximate surface area is 152 Å². The molecule has 0 N–H and O–H groups in total. The van der Waals surface area contributed by atoms with Crippen molar-refractivity contribution in [1.82, 2.24) is 14.3 Å². The molecule has 0 aliphatic rings. The molecule has 0 radical (unpaired) electrons. The molecular formula is C23H19N3. The molecule has 3 aromatic carbocycles. The molecule has 5 rings (SSSR count). The van der Waals surface area contributed by atoms with Crippen LogP contribution in [0.15, 0.2) is 85.2 Å². The van der Waals surface area contributed by atoms with Crippen LogP contribution in [0.5, 0.6) is 0 Å². The standard InChI is InChI=1S/C23H19N3/c1-25-16-21-8-7-19(14-22(21)24-25)18-9-10-23-20(13-18)11-12-26(23)15-17-5-3-2-4-6-17/h2-14,16H,15H2,1H3. The molecule has 0 unspecified atom stereocenters. The van der Waals surface area contributed by atoms with E-state index in [1.807, 2.05) is 17.9 Å². The van der Waals surface area contributed by atoms with Gasteiger partial charge in [-0.3, -0.25) is 4.68 Å². The molecule has 0 atom stereocenters. The Morgan fingerprint density at radius 3 is 2.50 bits per heavy atom. The van der Waals surface area contributed by atoms with E-state index in [1.54, 1.807) is 0 Å². The van der Waals surface area contributed by atoms with Crippen LogP contribution in [-0.4, -0.2) is 14.3 Å². The van der Waals surface area contributed by atoms with Crippen molar-refractivity contribution in [2.45, 2.75) is 6.54 Å². The third-order valence-electron chi connectivity index (χ3n) is 4.92. The van der Waals surface area contributed by atoms with Crippen LogP contribution in [0.3, 0.4) is 0 Å². The second-order valence-corrected chi connectivity index (χ2v) is 6.78. The van der Waals surface area contributed by atoms with Gasteiger partial charge in [-0.25, -0.2) is 0 Å². The number of hydrogen-bond donors (Lipinski definition) is 0. The Balaban J connectivity index is 1.53. The zero-order valence-corrected chi connectivity index (χ0v) is 14.6. The number of nitrogens with zero attached hydrogens (tertiary/aromatic N) is 3. The summed E-state index contributed by atoms with van der Waals surface area (Å²) in [5.74, 6) is 0. The summed E-state index contributed by atoms with van der Waals surface area (Å²) in [5.41, 5.74) is 6.04. The van der Waals surface area contributed by atoms with Crippen molar-refractivity contribution in [2.24, 2.45) is 7.05 Å². The predicted molar refractivity (Wildman–Crippen MR) is 107 cm³/mol. The second kappa shape index (κ2) is 5.88. The van der Waals surface area contributed by atoms with E-state index in [0.29, 0.717) is 0 Å². The minimum Gasteiger partial charge on any atom is -0.343 e. The van der Waals surface area contributed by atoms with Crippen molar-refractivity contribution in [2.75, 3.05) is 0 Å². The number of hydrogen-bond acceptors (Lipinski definition) is 1. The van der Waals surface area contributed by atoms with Crippen molar-refractivity contribution in [3.63, 3.8) is 0 Å². The third kappa shape index (κ3) is 2.58. The summed E-state index contributed by atoms with van der Waals surface area (Å²) in [6.07, 6.45) is 4.22. The van der Waals surface area contributed by atoms with E-state index in [-0.39, 0.29) is 0 Å². The lowest BCUT2D eigenvalue weighted by molar-refractivity contribution is 0.780. The molecule has 0 aliphatic carbocycles. The van der Waals surface area contributed by atoms with Gasteiger partial charge in [-0.1, -0.05) is 48.5 Å². The topological polar surface area (TPSA) is 22.8 Å². The quantitative estimate of drug-likeness (QED) is 0.441. The van der Waals surface area contributed by atoms with Gasteiger partial charge in [-0.15, -0.1) is 0 Å². The first-order valence-corrected chi connectivity index (χ1v) is 8.83. The number of aryl methyl sites for hydroxylation is 1. The zero-order chi connectivity index (χ0) is 17.5. The summed E-state index contributed by atoms with van der Waals surface area (Å²) < 4.78 is 4.16. The molecular weight excluding hydrogens is 318 g/mol. The highest BCUT2D eigenvalue weighted by Gasteiger charge is 2.06. The highest BCUT2D eigenvalue weighted by atomic mass is 15.2. The van der Waals surface area contributed by atoms with Gasteiger partial charge in [0.1, 0.15) is 0 Å². The van der Waals surface area contributed by atoms with E-state index in [9.17, 15) is 0 Å². The highest BCUT2D eigenvalue weighted by molar-refractivity contribution is 5.89. The van der Waals surface area contributed by atoms with Gasteiger partial charge in [0, 0.05) is 42.3 Å². The predicted octanol–water partition coefficient (Wildman–Crippen LogP) is 5.24. The lowest BCUT2D eigenvalue weighted by atomic mass is 10.0. The molecule has 0 amide bonds. The van der Waals surface area contributed by atoms with Crippen LogP contribution in [0.25, 0.3) is 32.9 Å². The smallest absolute Gasteiger partial charge is 0.0929 e. The van der Waals surface area contributed by atoms with E-state index in [1.165, 1.54) is 33.0 Å². The molecule has 0 saturated carbocycles. The number of benzene rings is 3. The largest absolute Gasteiger partial charge is 0.343 e. The Bertz CT molecular complexity index is 1210. The first kappa shape index (κ1) is 15.0. The minimum absolute atomic E-state index is 0.892. The Morgan fingerprint density at radius 1 is 0.808 bits per heavy atom. The fourth-order valence-corrected chi connectivity index (χ4v) is 3.62. The molecule has 3 heteroatoms. The highest BCUT2D eigenvalue weighted by Crippen LogP contribution is 2.28. The molecule has 0 spiro atoms. The summed E-state index contributed by atoms with van der Waals surface area (Å²) >= 11 is 0. The maximum atomic E-state index is 4.53. The van der Waals surface area contributed by atoms with Gasteiger partial charge in [0.05, 0.1) is 5.52 Å². The molecule has 0 fully saturated rings. The molecule has 0 aliphatic heterocycles. The molecule has 0 saturated heterocycles. The summed E-state index contributed by atoms with van der Waals surface area (Å²) in [5, 5.41) is 6.96. The van der Waals surface area contributed by atoms with Crippen molar-refractivity contribution in [1.29, 1.82) is 0 Å². The van der Waals surface area contributed by atoms with Crippen LogP contribution in [0, 0.1) is 0 Å². The van der Waals surface area contributed by atoms with E-state index >= 15 is 0 Å². The molecule has 26 heavy (non-hydrogen) atoms. The lowest BCUT2D eigenvalue weighted by Crippen LogP contribution is -1.97. The summed E-state index contributed by atoms with van der Waals surface area (Å²) in [6, 6.07) is 25.9. The fraction of sp³-hybridized carbons (Fsp3) is 0.0870. The minimum atomic E-state index is 0.892. The van der Waals surface area contributed by atoms with E-state index in [4.69, 9.17) is 0 Å². The first-order chi connectivity index (χ1) is 12.8. The SMILES string of the molecule is Cn1cc2ccc(-c3ccc4c(ccn4Cc4ccccc4)c3)cc2n1. The van der Waals surface area contributed by atoms with Crippen LogP contribution < -0.4 is 0 Å². The lowest BCUT2D eigenvalue weighted by Gasteiger charge is -2.07. The molecule has 126 valence electrons. The molecule has 3 nitrogen and oxygen atoms in total. The van der Waals surface area contributed by atoms with Crippen LogP contribution in [-0.2, 0) is 13.6 Å². The second-order valence-electron chi connectivity index (χ2n) is 6.78. The van der Waals surface area contributed by atoms with E-state index in [2.05, 4.69) is 88.7 Å². The van der Waals surface area contributed by atoms with Gasteiger partial charge in [0.15, 0.2) is 0 Å². The molecule has 5 aromatic rings. The Kier molecular flexibility index (Phi) is 3.39. The molecule has 2 aromatic heterocycles. The number of rotatable bonds is 3. The summed E-state index contributed by atoms with van der Waals surface area (Å²) in [4.78, 5) is 0. The van der Waals surface area contributed by atoms with Crippen LogP contribution in [0.2, 0.25) is 0 Å². The molecule has 2 heterocycles. The first-order valence-electron chi connectivity index (χ1n) is 8.83. The van der Waals surface area contributed by atoms with Crippen LogP contribution in [0.4, 0.5) is 0 Å². The van der Waals surface area contributed by atoms with Gasteiger partial charge in [-0.05, 0) is 41.0 Å². The Morgan fingerprint density at radius 2 is 1.62 bits per heavy atom. The zero-order valence-electron chi connectivity index (χ0n) is 14.6. The fourth-order valence-electron chi connectivity index (χ4n) is 3.62. The average molecular weight is 337 g/mol. The maximum Gasteiger partial charge on any atom is 0.0929 e. The summed E-state index contributed by atoms with van der Waals surface area (Å²) in [7, 11) is 1.96. The third-order valence-corrected chi connectivity index (χ3v) is 4.92. The van der Waals surface area contributed by atoms with Crippen molar-refractivity contribution in [3.05, 3.63) is 90.8 Å². The normalized spacial score (nSPS) is 11.4. The molecule has 0 bridgehead atoms. The number of fused-ring (bicyclic) bond motifs is 2. The van der Waals surface area contributed by atoms with Crippen molar-refractivity contribution >= 4 is 21.8 Å². The van der Waals surface area contributed by atoms with Gasteiger partial charge >= 0.3 is 0 Å². The van der Waals surface area contributed by atoms with Gasteiger partial charge in [0.25, 0.3) is 0 Å². The van der Waals surface area contributed by atoms with Crippen LogP contribution in [0.1, 0.15) is 5.56 Å². The monoisotopic (exact) mass is 337 g/mol.